The molecule has 1 aliphatic heterocycles. The Morgan fingerprint density at radius 3 is 2.89 bits per heavy atom. The highest BCUT2D eigenvalue weighted by Crippen LogP contribution is 2.38. The van der Waals surface area contributed by atoms with Gasteiger partial charge in [-0.25, -0.2) is 4.68 Å². The molecule has 0 bridgehead atoms. The quantitative estimate of drug-likeness (QED) is 0.851. The Labute approximate surface area is 113 Å². The fourth-order valence-electron chi connectivity index (χ4n) is 2.68. The lowest BCUT2D eigenvalue weighted by Gasteiger charge is -2.35. The molecule has 4 nitrogen and oxygen atoms in total. The van der Waals surface area contributed by atoms with Gasteiger partial charge in [-0.1, -0.05) is 20.8 Å². The molecule has 1 atom stereocenters. The van der Waals surface area contributed by atoms with E-state index in [1.165, 1.54) is 0 Å². The Balaban J connectivity index is 2.03. The SMILES string of the molecule is CC(C)(C)C1CCNc2cc(-c3cccnc3)nn21. The lowest BCUT2D eigenvalue weighted by molar-refractivity contribution is 0.211. The zero-order valence-corrected chi connectivity index (χ0v) is 11.7. The van der Waals surface area contributed by atoms with Gasteiger partial charge >= 0.3 is 0 Å². The van der Waals surface area contributed by atoms with E-state index in [1.807, 2.05) is 18.3 Å². The number of hydrogen-bond donors (Lipinski definition) is 1. The van der Waals surface area contributed by atoms with Gasteiger partial charge < -0.3 is 5.32 Å². The van der Waals surface area contributed by atoms with Crippen LogP contribution in [0.25, 0.3) is 11.3 Å². The average Bonchev–Trinajstić information content (AvgIpc) is 2.82. The maximum atomic E-state index is 4.78. The van der Waals surface area contributed by atoms with Crippen molar-refractivity contribution >= 4 is 5.82 Å². The first-order valence-corrected chi connectivity index (χ1v) is 6.79. The second-order valence-corrected chi connectivity index (χ2v) is 6.20. The smallest absolute Gasteiger partial charge is 0.125 e. The predicted octanol–water partition coefficient (Wildman–Crippen LogP) is 3.35. The second kappa shape index (κ2) is 4.37. The van der Waals surface area contributed by atoms with Crippen LogP contribution in [-0.4, -0.2) is 21.3 Å². The zero-order chi connectivity index (χ0) is 13.5. The molecule has 2 aromatic rings. The van der Waals surface area contributed by atoms with Crippen LogP contribution < -0.4 is 5.32 Å². The van der Waals surface area contributed by atoms with Crippen molar-refractivity contribution in [2.24, 2.45) is 5.41 Å². The molecule has 0 saturated heterocycles. The molecule has 100 valence electrons. The van der Waals surface area contributed by atoms with Crippen LogP contribution in [0.3, 0.4) is 0 Å². The summed E-state index contributed by atoms with van der Waals surface area (Å²) in [6, 6.07) is 6.55. The van der Waals surface area contributed by atoms with Gasteiger partial charge in [0.05, 0.1) is 11.7 Å². The summed E-state index contributed by atoms with van der Waals surface area (Å²) in [7, 11) is 0. The van der Waals surface area contributed by atoms with Crippen LogP contribution in [0.15, 0.2) is 30.6 Å². The minimum absolute atomic E-state index is 0.217. The number of nitrogens with one attached hydrogen (secondary N) is 1. The van der Waals surface area contributed by atoms with Crippen LogP contribution in [0, 0.1) is 5.41 Å². The van der Waals surface area contributed by atoms with E-state index in [1.54, 1.807) is 6.20 Å². The molecule has 0 spiro atoms. The molecule has 0 fully saturated rings. The minimum Gasteiger partial charge on any atom is -0.370 e. The first-order valence-electron chi connectivity index (χ1n) is 6.79. The molecule has 4 heteroatoms. The minimum atomic E-state index is 0.217. The Hall–Kier alpha value is -1.84. The third kappa shape index (κ3) is 2.23. The number of aromatic nitrogens is 3. The van der Waals surface area contributed by atoms with E-state index in [0.29, 0.717) is 6.04 Å². The van der Waals surface area contributed by atoms with Crippen molar-refractivity contribution in [2.45, 2.75) is 33.2 Å². The van der Waals surface area contributed by atoms with Crippen LogP contribution in [0.4, 0.5) is 5.82 Å². The van der Waals surface area contributed by atoms with Gasteiger partial charge in [0.2, 0.25) is 0 Å². The van der Waals surface area contributed by atoms with Gasteiger partial charge in [0, 0.05) is 30.6 Å². The lowest BCUT2D eigenvalue weighted by Crippen LogP contribution is -2.32. The molecular formula is C15H20N4. The summed E-state index contributed by atoms with van der Waals surface area (Å²) in [5.74, 6) is 1.12. The van der Waals surface area contributed by atoms with Crippen molar-refractivity contribution in [2.75, 3.05) is 11.9 Å². The van der Waals surface area contributed by atoms with Crippen LogP contribution in [-0.2, 0) is 0 Å². The van der Waals surface area contributed by atoms with Crippen molar-refractivity contribution in [1.29, 1.82) is 0 Å². The standard InChI is InChI=1S/C15H20N4/c1-15(2,3)13-6-8-17-14-9-12(18-19(13)14)11-5-4-7-16-10-11/h4-5,7,9-10,13,17H,6,8H2,1-3H3. The molecule has 0 aromatic carbocycles. The first kappa shape index (κ1) is 12.2. The van der Waals surface area contributed by atoms with E-state index in [0.717, 1.165) is 30.0 Å². The molecule has 1 unspecified atom stereocenters. The molecule has 3 heterocycles. The van der Waals surface area contributed by atoms with E-state index < -0.39 is 0 Å². The van der Waals surface area contributed by atoms with Crippen molar-refractivity contribution in [3.8, 4) is 11.3 Å². The van der Waals surface area contributed by atoms with Crippen LogP contribution >= 0.6 is 0 Å². The fourth-order valence-corrected chi connectivity index (χ4v) is 2.68. The molecule has 3 rings (SSSR count). The predicted molar refractivity (Wildman–Crippen MR) is 77.1 cm³/mol. The fraction of sp³-hybridized carbons (Fsp3) is 0.467. The van der Waals surface area contributed by atoms with Crippen LogP contribution in [0.5, 0.6) is 0 Å². The molecule has 0 aliphatic carbocycles. The Kier molecular flexibility index (Phi) is 2.81. The van der Waals surface area contributed by atoms with Gasteiger partial charge in [0.15, 0.2) is 0 Å². The molecule has 0 radical (unpaired) electrons. The molecule has 1 N–H and O–H groups in total. The third-order valence-corrected chi connectivity index (χ3v) is 3.71. The van der Waals surface area contributed by atoms with Crippen molar-refractivity contribution in [3.63, 3.8) is 0 Å². The number of rotatable bonds is 1. The highest BCUT2D eigenvalue weighted by atomic mass is 15.4. The maximum Gasteiger partial charge on any atom is 0.125 e. The summed E-state index contributed by atoms with van der Waals surface area (Å²) < 4.78 is 2.14. The van der Waals surface area contributed by atoms with E-state index >= 15 is 0 Å². The van der Waals surface area contributed by atoms with Crippen LogP contribution in [0.1, 0.15) is 33.2 Å². The summed E-state index contributed by atoms with van der Waals surface area (Å²) in [6.07, 6.45) is 4.76. The number of pyridine rings is 1. The van der Waals surface area contributed by atoms with Gasteiger partial charge in [-0.05, 0) is 24.0 Å². The Morgan fingerprint density at radius 1 is 1.37 bits per heavy atom. The van der Waals surface area contributed by atoms with Gasteiger partial charge in [-0.15, -0.1) is 0 Å². The van der Waals surface area contributed by atoms with Gasteiger partial charge in [0.25, 0.3) is 0 Å². The van der Waals surface area contributed by atoms with E-state index in [-0.39, 0.29) is 5.41 Å². The number of fused-ring (bicyclic) bond motifs is 1. The monoisotopic (exact) mass is 256 g/mol. The Bertz CT molecular complexity index is 566. The zero-order valence-electron chi connectivity index (χ0n) is 11.7. The molecule has 0 amide bonds. The van der Waals surface area contributed by atoms with E-state index in [2.05, 4.69) is 41.8 Å². The van der Waals surface area contributed by atoms with Crippen LogP contribution in [0.2, 0.25) is 0 Å². The van der Waals surface area contributed by atoms with Gasteiger partial charge in [-0.3, -0.25) is 4.98 Å². The number of hydrogen-bond acceptors (Lipinski definition) is 3. The molecule has 0 saturated carbocycles. The topological polar surface area (TPSA) is 42.7 Å². The van der Waals surface area contributed by atoms with Crippen molar-refractivity contribution in [1.82, 2.24) is 14.8 Å². The third-order valence-electron chi connectivity index (χ3n) is 3.71. The molecule has 2 aromatic heterocycles. The summed E-state index contributed by atoms with van der Waals surface area (Å²) in [4.78, 5) is 4.17. The highest BCUT2D eigenvalue weighted by Gasteiger charge is 2.31. The normalized spacial score (nSPS) is 18.8. The van der Waals surface area contributed by atoms with Gasteiger partial charge in [0.1, 0.15) is 5.82 Å². The van der Waals surface area contributed by atoms with Crippen molar-refractivity contribution < 1.29 is 0 Å². The number of anilines is 1. The average molecular weight is 256 g/mol. The lowest BCUT2D eigenvalue weighted by atomic mass is 9.84. The summed E-state index contributed by atoms with van der Waals surface area (Å²) in [5.41, 5.74) is 2.28. The van der Waals surface area contributed by atoms with Gasteiger partial charge in [-0.2, -0.15) is 5.10 Å². The van der Waals surface area contributed by atoms with E-state index in [9.17, 15) is 0 Å². The summed E-state index contributed by atoms with van der Waals surface area (Å²) in [5, 5.41) is 8.22. The first-order chi connectivity index (χ1) is 9.05. The van der Waals surface area contributed by atoms with Crippen molar-refractivity contribution in [3.05, 3.63) is 30.6 Å². The largest absolute Gasteiger partial charge is 0.370 e. The molecule has 1 aliphatic rings. The summed E-state index contributed by atoms with van der Waals surface area (Å²) in [6.45, 7) is 7.84. The molecular weight excluding hydrogens is 236 g/mol. The summed E-state index contributed by atoms with van der Waals surface area (Å²) >= 11 is 0. The maximum absolute atomic E-state index is 4.78. The molecule has 19 heavy (non-hydrogen) atoms. The number of nitrogens with zero attached hydrogens (tertiary/aromatic N) is 3. The Morgan fingerprint density at radius 2 is 2.21 bits per heavy atom. The second-order valence-electron chi connectivity index (χ2n) is 6.20. The highest BCUT2D eigenvalue weighted by molar-refractivity contribution is 5.62. The van der Waals surface area contributed by atoms with E-state index in [4.69, 9.17) is 5.10 Å².